The smallest absolute Gasteiger partial charge is 0.307 e. The van der Waals surface area contributed by atoms with Crippen molar-refractivity contribution in [3.63, 3.8) is 0 Å². The molecule has 98 valence electrons. The zero-order valence-electron chi connectivity index (χ0n) is 10.7. The summed E-state index contributed by atoms with van der Waals surface area (Å²) in [6.07, 6.45) is 0.0118. The first-order valence-corrected chi connectivity index (χ1v) is 5.54. The average Bonchev–Trinajstić information content (AvgIpc) is 2.43. The van der Waals surface area contributed by atoms with Gasteiger partial charge < -0.3 is 14.8 Å². The second kappa shape index (κ2) is 6.76. The molecule has 0 aromatic heterocycles. The van der Waals surface area contributed by atoms with Crippen molar-refractivity contribution in [1.82, 2.24) is 5.32 Å². The van der Waals surface area contributed by atoms with E-state index in [4.69, 9.17) is 4.74 Å². The quantitative estimate of drug-likeness (QED) is 0.604. The average molecular weight is 251 g/mol. The van der Waals surface area contributed by atoms with Gasteiger partial charge in [0.25, 0.3) is 0 Å². The van der Waals surface area contributed by atoms with E-state index < -0.39 is 12.0 Å². The summed E-state index contributed by atoms with van der Waals surface area (Å²) in [4.78, 5) is 23.3. The maximum atomic E-state index is 12.1. The van der Waals surface area contributed by atoms with Crippen LogP contribution in [0.1, 0.15) is 16.8 Å². The number of Topliss-reactive ketones (excluding diaryl/α,β-unsaturated/α-hetero) is 1. The van der Waals surface area contributed by atoms with Crippen molar-refractivity contribution in [3.05, 3.63) is 29.8 Å². The van der Waals surface area contributed by atoms with Gasteiger partial charge in [-0.05, 0) is 31.3 Å². The van der Waals surface area contributed by atoms with Crippen molar-refractivity contribution in [1.29, 1.82) is 0 Å². The minimum Gasteiger partial charge on any atom is -0.497 e. The van der Waals surface area contributed by atoms with Gasteiger partial charge >= 0.3 is 5.97 Å². The van der Waals surface area contributed by atoms with E-state index >= 15 is 0 Å². The van der Waals surface area contributed by atoms with Crippen LogP contribution >= 0.6 is 0 Å². The Hall–Kier alpha value is -1.88. The summed E-state index contributed by atoms with van der Waals surface area (Å²) < 4.78 is 9.57. The summed E-state index contributed by atoms with van der Waals surface area (Å²) in [6.45, 7) is 0. The van der Waals surface area contributed by atoms with E-state index in [1.165, 1.54) is 7.11 Å². The van der Waals surface area contributed by atoms with Crippen LogP contribution in [0.5, 0.6) is 5.75 Å². The van der Waals surface area contributed by atoms with E-state index in [2.05, 4.69) is 10.1 Å². The summed E-state index contributed by atoms with van der Waals surface area (Å²) in [5.74, 6) is 0.113. The second-order valence-corrected chi connectivity index (χ2v) is 3.71. The standard InChI is InChI=1S/C13H17NO4/c1-14-11(8-12(15)18-3)13(16)9-4-6-10(17-2)7-5-9/h4-7,11,14H,8H2,1-3H3. The van der Waals surface area contributed by atoms with E-state index in [0.29, 0.717) is 11.3 Å². The largest absolute Gasteiger partial charge is 0.497 e. The lowest BCUT2D eigenvalue weighted by molar-refractivity contribution is -0.140. The topological polar surface area (TPSA) is 64.6 Å². The molecule has 18 heavy (non-hydrogen) atoms. The highest BCUT2D eigenvalue weighted by Crippen LogP contribution is 2.13. The molecule has 1 aromatic carbocycles. The third-order valence-electron chi connectivity index (χ3n) is 2.64. The van der Waals surface area contributed by atoms with E-state index in [1.807, 2.05) is 0 Å². The van der Waals surface area contributed by atoms with Gasteiger partial charge in [0, 0.05) is 5.56 Å². The highest BCUT2D eigenvalue weighted by atomic mass is 16.5. The summed E-state index contributed by atoms with van der Waals surface area (Å²) in [5, 5.41) is 2.81. The van der Waals surface area contributed by atoms with Crippen molar-refractivity contribution in [2.45, 2.75) is 12.5 Å². The van der Waals surface area contributed by atoms with Crippen LogP contribution < -0.4 is 10.1 Å². The maximum Gasteiger partial charge on any atom is 0.307 e. The van der Waals surface area contributed by atoms with Crippen LogP contribution in [0.25, 0.3) is 0 Å². The van der Waals surface area contributed by atoms with Crippen molar-refractivity contribution in [2.24, 2.45) is 0 Å². The Morgan fingerprint density at radius 3 is 2.28 bits per heavy atom. The number of esters is 1. The fraction of sp³-hybridized carbons (Fsp3) is 0.385. The zero-order chi connectivity index (χ0) is 13.5. The van der Waals surface area contributed by atoms with Crippen molar-refractivity contribution in [3.8, 4) is 5.75 Å². The minimum absolute atomic E-state index is 0.0118. The molecule has 0 radical (unpaired) electrons. The Morgan fingerprint density at radius 1 is 1.22 bits per heavy atom. The number of nitrogens with one attached hydrogen (secondary N) is 1. The third-order valence-corrected chi connectivity index (χ3v) is 2.64. The van der Waals surface area contributed by atoms with Crippen molar-refractivity contribution in [2.75, 3.05) is 21.3 Å². The van der Waals surface area contributed by atoms with E-state index in [1.54, 1.807) is 38.4 Å². The van der Waals surface area contributed by atoms with Gasteiger partial charge in [-0.2, -0.15) is 0 Å². The minimum atomic E-state index is -0.578. The van der Waals surface area contributed by atoms with E-state index in [9.17, 15) is 9.59 Å². The number of benzene rings is 1. The third kappa shape index (κ3) is 3.56. The van der Waals surface area contributed by atoms with Gasteiger partial charge in [-0.25, -0.2) is 0 Å². The highest BCUT2D eigenvalue weighted by molar-refractivity contribution is 6.01. The lowest BCUT2D eigenvalue weighted by atomic mass is 10.0. The first kappa shape index (κ1) is 14.2. The SMILES string of the molecule is CNC(CC(=O)OC)C(=O)c1ccc(OC)cc1. The molecule has 1 aromatic rings. The van der Waals surface area contributed by atoms with Crippen LogP contribution in [0.2, 0.25) is 0 Å². The second-order valence-electron chi connectivity index (χ2n) is 3.71. The lowest BCUT2D eigenvalue weighted by Gasteiger charge is -2.13. The maximum absolute atomic E-state index is 12.1. The fourth-order valence-electron chi connectivity index (χ4n) is 1.53. The molecular weight excluding hydrogens is 234 g/mol. The summed E-state index contributed by atoms with van der Waals surface area (Å²) in [5.41, 5.74) is 0.527. The molecule has 1 atom stereocenters. The highest BCUT2D eigenvalue weighted by Gasteiger charge is 2.21. The Morgan fingerprint density at radius 2 is 1.83 bits per heavy atom. The summed E-state index contributed by atoms with van der Waals surface area (Å²) in [6, 6.07) is 6.17. The van der Waals surface area contributed by atoms with Gasteiger partial charge in [-0.15, -0.1) is 0 Å². The van der Waals surface area contributed by atoms with E-state index in [0.717, 1.165) is 0 Å². The molecule has 0 spiro atoms. The number of ketones is 1. The Labute approximate surface area is 106 Å². The van der Waals surface area contributed by atoms with Gasteiger partial charge in [0.15, 0.2) is 5.78 Å². The van der Waals surface area contributed by atoms with Crippen LogP contribution in [-0.2, 0) is 9.53 Å². The first-order chi connectivity index (χ1) is 8.62. The molecule has 0 saturated carbocycles. The number of hydrogen-bond acceptors (Lipinski definition) is 5. The van der Waals surface area contributed by atoms with Crippen LogP contribution in [0.4, 0.5) is 0 Å². The molecule has 0 fully saturated rings. The molecule has 1 N–H and O–H groups in total. The van der Waals surface area contributed by atoms with Gasteiger partial charge in [-0.1, -0.05) is 0 Å². The lowest BCUT2D eigenvalue weighted by Crippen LogP contribution is -2.36. The van der Waals surface area contributed by atoms with Gasteiger partial charge in [0.2, 0.25) is 0 Å². The molecule has 0 aliphatic heterocycles. The van der Waals surface area contributed by atoms with Crippen LogP contribution in [0, 0.1) is 0 Å². The molecule has 0 amide bonds. The number of carbonyl (C=O) groups is 2. The molecule has 0 aliphatic carbocycles. The van der Waals surface area contributed by atoms with Gasteiger partial charge in [-0.3, -0.25) is 9.59 Å². The molecule has 0 heterocycles. The number of carbonyl (C=O) groups excluding carboxylic acids is 2. The Balaban J connectivity index is 2.79. The fourth-order valence-corrected chi connectivity index (χ4v) is 1.53. The van der Waals surface area contributed by atoms with Crippen LogP contribution in [0.15, 0.2) is 24.3 Å². The summed E-state index contributed by atoms with van der Waals surface area (Å²) in [7, 11) is 4.49. The van der Waals surface area contributed by atoms with Crippen molar-refractivity contribution < 1.29 is 19.1 Å². The van der Waals surface area contributed by atoms with Gasteiger partial charge in [0.05, 0.1) is 26.7 Å². The molecule has 0 bridgehead atoms. The molecule has 1 unspecified atom stereocenters. The number of ether oxygens (including phenoxy) is 2. The normalized spacial score (nSPS) is 11.7. The predicted octanol–water partition coefficient (Wildman–Crippen LogP) is 1.03. The molecule has 1 rings (SSSR count). The molecule has 5 heteroatoms. The predicted molar refractivity (Wildman–Crippen MR) is 66.8 cm³/mol. The number of rotatable bonds is 6. The molecule has 5 nitrogen and oxygen atoms in total. The van der Waals surface area contributed by atoms with E-state index in [-0.39, 0.29) is 12.2 Å². The summed E-state index contributed by atoms with van der Waals surface area (Å²) >= 11 is 0. The molecule has 0 saturated heterocycles. The number of methoxy groups -OCH3 is 2. The Bertz CT molecular complexity index is 414. The van der Waals surface area contributed by atoms with Gasteiger partial charge in [0.1, 0.15) is 5.75 Å². The van der Waals surface area contributed by atoms with Crippen LogP contribution in [-0.4, -0.2) is 39.1 Å². The Kier molecular flexibility index (Phi) is 5.32. The molecular formula is C13H17NO4. The number of likely N-dealkylation sites (N-methyl/N-ethyl adjacent to an activating group) is 1. The molecule has 0 aliphatic rings. The first-order valence-electron chi connectivity index (χ1n) is 5.54. The van der Waals surface area contributed by atoms with Crippen LogP contribution in [0.3, 0.4) is 0 Å². The zero-order valence-corrected chi connectivity index (χ0v) is 10.7. The van der Waals surface area contributed by atoms with Crippen molar-refractivity contribution >= 4 is 11.8 Å². The number of hydrogen-bond donors (Lipinski definition) is 1. The monoisotopic (exact) mass is 251 g/mol.